The Kier molecular flexibility index (Phi) is 7.64. The van der Waals surface area contributed by atoms with E-state index in [1.807, 2.05) is 37.3 Å². The number of nitriles is 1. The van der Waals surface area contributed by atoms with Gasteiger partial charge in [0.25, 0.3) is 0 Å². The highest BCUT2D eigenvalue weighted by atomic mass is 16.5. The van der Waals surface area contributed by atoms with Crippen LogP contribution in [0.2, 0.25) is 0 Å². The van der Waals surface area contributed by atoms with E-state index >= 15 is 0 Å². The second-order valence-electron chi connectivity index (χ2n) is 10.6. The first kappa shape index (κ1) is 26.3. The van der Waals surface area contributed by atoms with Crippen molar-refractivity contribution >= 4 is 5.65 Å². The second kappa shape index (κ2) is 11.6. The van der Waals surface area contributed by atoms with Gasteiger partial charge in [-0.15, -0.1) is 5.10 Å². The van der Waals surface area contributed by atoms with E-state index in [1.165, 1.54) is 0 Å². The van der Waals surface area contributed by atoms with Gasteiger partial charge in [-0.25, -0.2) is 13.9 Å². The smallest absolute Gasteiger partial charge is 0.351 e. The summed E-state index contributed by atoms with van der Waals surface area (Å²) < 4.78 is 15.2. The highest BCUT2D eigenvalue weighted by molar-refractivity contribution is 5.85. The predicted octanol–water partition coefficient (Wildman–Crippen LogP) is 3.33. The normalized spacial score (nSPS) is 17.8. The Morgan fingerprint density at radius 1 is 1.07 bits per heavy atom. The molecule has 0 aliphatic carbocycles. The number of aryl methyl sites for hydroxylation is 1. The molecule has 0 bridgehead atoms. The number of pyridine rings is 1. The molecule has 2 saturated heterocycles. The molecule has 1 atom stereocenters. The van der Waals surface area contributed by atoms with Crippen molar-refractivity contribution in [3.05, 3.63) is 76.2 Å². The van der Waals surface area contributed by atoms with Crippen molar-refractivity contribution in [2.24, 2.45) is 5.92 Å². The quantitative estimate of drug-likeness (QED) is 0.368. The average Bonchev–Trinajstić information content (AvgIpc) is 3.64. The molecule has 0 amide bonds. The third kappa shape index (κ3) is 5.39. The van der Waals surface area contributed by atoms with Crippen LogP contribution < -0.4 is 15.7 Å². The summed E-state index contributed by atoms with van der Waals surface area (Å²) in [4.78, 5) is 16.4. The van der Waals surface area contributed by atoms with Gasteiger partial charge in [0.1, 0.15) is 0 Å². The molecule has 2 aliphatic rings. The second-order valence-corrected chi connectivity index (χ2v) is 10.6. The molecule has 4 heterocycles. The monoisotopic (exact) mass is 538 g/mol. The van der Waals surface area contributed by atoms with Crippen LogP contribution in [0.5, 0.6) is 5.75 Å². The summed E-state index contributed by atoms with van der Waals surface area (Å²) in [6.07, 6.45) is 1.06. The van der Waals surface area contributed by atoms with Crippen molar-refractivity contribution in [1.82, 2.24) is 24.4 Å². The highest BCUT2D eigenvalue weighted by Crippen LogP contribution is 2.37. The van der Waals surface area contributed by atoms with Gasteiger partial charge in [0.2, 0.25) is 5.65 Å². The third-order valence-electron chi connectivity index (χ3n) is 7.83. The molecule has 40 heavy (non-hydrogen) atoms. The molecule has 9 nitrogen and oxygen atoms in total. The van der Waals surface area contributed by atoms with E-state index in [2.05, 4.69) is 28.4 Å². The fourth-order valence-corrected chi connectivity index (χ4v) is 5.47. The van der Waals surface area contributed by atoms with Gasteiger partial charge in [0.05, 0.1) is 43.7 Å². The van der Waals surface area contributed by atoms with Gasteiger partial charge in [-0.1, -0.05) is 42.0 Å². The predicted molar refractivity (Wildman–Crippen MR) is 154 cm³/mol. The van der Waals surface area contributed by atoms with E-state index in [0.717, 1.165) is 67.1 Å². The average molecular weight is 539 g/mol. The number of fused-ring (bicyclic) bond motifs is 1. The van der Waals surface area contributed by atoms with E-state index in [4.69, 9.17) is 14.6 Å². The van der Waals surface area contributed by atoms with Crippen LogP contribution in [0.3, 0.4) is 0 Å². The molecule has 2 aromatic carbocycles. The Labute approximate surface area is 233 Å². The maximum absolute atomic E-state index is 14.1. The van der Waals surface area contributed by atoms with E-state index < -0.39 is 0 Å². The van der Waals surface area contributed by atoms with Crippen LogP contribution in [0, 0.1) is 24.2 Å². The summed E-state index contributed by atoms with van der Waals surface area (Å²) in [5.41, 5.74) is 5.48. The van der Waals surface area contributed by atoms with Gasteiger partial charge < -0.3 is 14.8 Å². The van der Waals surface area contributed by atoms with Crippen molar-refractivity contribution < 1.29 is 9.47 Å². The third-order valence-corrected chi connectivity index (χ3v) is 7.83. The van der Waals surface area contributed by atoms with E-state index in [0.29, 0.717) is 49.2 Å². The minimum absolute atomic E-state index is 0.193. The van der Waals surface area contributed by atoms with Crippen LogP contribution >= 0.6 is 0 Å². The number of ether oxygens (including phenoxy) is 2. The molecular formula is C31H34N6O3. The Morgan fingerprint density at radius 2 is 1.82 bits per heavy atom. The number of benzene rings is 2. The topological polar surface area (TPSA) is 96.8 Å². The largest absolute Gasteiger partial charge is 0.489 e. The molecule has 4 aromatic rings. The van der Waals surface area contributed by atoms with Crippen LogP contribution in [0.15, 0.2) is 59.4 Å². The zero-order chi connectivity index (χ0) is 27.5. The molecule has 1 N–H and O–H groups in total. The lowest BCUT2D eigenvalue weighted by atomic mass is 9.97. The lowest BCUT2D eigenvalue weighted by Crippen LogP contribution is -2.39. The Hall–Kier alpha value is -3.97. The number of nitrogens with one attached hydrogen (secondary N) is 1. The van der Waals surface area contributed by atoms with Gasteiger partial charge in [-0.3, -0.25) is 4.90 Å². The van der Waals surface area contributed by atoms with Crippen LogP contribution in [0.4, 0.5) is 0 Å². The summed E-state index contributed by atoms with van der Waals surface area (Å²) in [5.74, 6) is 0.995. The van der Waals surface area contributed by atoms with Crippen molar-refractivity contribution in [1.29, 1.82) is 5.26 Å². The fourth-order valence-electron chi connectivity index (χ4n) is 5.47. The number of aromatic nitrogens is 3. The van der Waals surface area contributed by atoms with E-state index in [1.54, 1.807) is 21.2 Å². The first-order chi connectivity index (χ1) is 19.6. The molecule has 0 spiro atoms. The minimum atomic E-state index is -0.193. The first-order valence-electron chi connectivity index (χ1n) is 14.0. The maximum Gasteiger partial charge on any atom is 0.351 e. The minimum Gasteiger partial charge on any atom is -0.489 e. The highest BCUT2D eigenvalue weighted by Gasteiger charge is 2.24. The molecule has 9 heteroatoms. The standard InChI is InChI=1S/C31H34N6O3/c1-22-2-6-26(7-3-22)29-27(25-8-4-23(19-32)5-9-25)18-28(40-21-24-10-11-33-20-24)30-34-36(31(38)37(29)30)13-12-35-14-16-39-17-15-35/h2-9,18,24,33H,10-17,20-21H2,1H3/t24-/m1/s1. The molecule has 0 radical (unpaired) electrons. The lowest BCUT2D eigenvalue weighted by Gasteiger charge is -2.26. The molecular weight excluding hydrogens is 504 g/mol. The van der Waals surface area contributed by atoms with Crippen LogP contribution in [0.25, 0.3) is 28.0 Å². The Morgan fingerprint density at radius 3 is 2.52 bits per heavy atom. The summed E-state index contributed by atoms with van der Waals surface area (Å²) in [6, 6.07) is 19.8. The van der Waals surface area contributed by atoms with Gasteiger partial charge >= 0.3 is 5.69 Å². The molecule has 6 rings (SSSR count). The van der Waals surface area contributed by atoms with Crippen LogP contribution in [-0.2, 0) is 11.3 Å². The summed E-state index contributed by atoms with van der Waals surface area (Å²) in [7, 11) is 0. The zero-order valence-corrected chi connectivity index (χ0v) is 22.8. The van der Waals surface area contributed by atoms with Crippen molar-refractivity contribution in [3.63, 3.8) is 0 Å². The molecule has 2 fully saturated rings. The van der Waals surface area contributed by atoms with Gasteiger partial charge in [-0.05, 0) is 49.2 Å². The number of rotatable bonds is 8. The number of nitrogens with zero attached hydrogens (tertiary/aromatic N) is 5. The summed E-state index contributed by atoms with van der Waals surface area (Å²) in [6.45, 7) is 8.82. The van der Waals surface area contributed by atoms with Gasteiger partial charge in [-0.2, -0.15) is 5.26 Å². The maximum atomic E-state index is 14.1. The molecule has 206 valence electrons. The van der Waals surface area contributed by atoms with Crippen molar-refractivity contribution in [2.75, 3.05) is 52.5 Å². The van der Waals surface area contributed by atoms with Gasteiger partial charge in [0.15, 0.2) is 5.75 Å². The van der Waals surface area contributed by atoms with Gasteiger partial charge in [0, 0.05) is 37.7 Å². The Balaban J connectivity index is 1.51. The molecule has 0 unspecified atom stereocenters. The van der Waals surface area contributed by atoms with E-state index in [9.17, 15) is 10.1 Å². The molecule has 0 saturated carbocycles. The van der Waals surface area contributed by atoms with E-state index in [-0.39, 0.29) is 5.69 Å². The number of morpholine rings is 1. The number of hydrogen-bond acceptors (Lipinski definition) is 7. The van der Waals surface area contributed by atoms with Crippen molar-refractivity contribution in [3.8, 4) is 34.2 Å². The zero-order valence-electron chi connectivity index (χ0n) is 22.8. The molecule has 2 aromatic heterocycles. The SMILES string of the molecule is Cc1ccc(-c2c(-c3ccc(C#N)cc3)cc(OC[C@@H]3CCNC3)c3nn(CCN4CCOCC4)c(=O)n23)cc1. The molecule has 2 aliphatic heterocycles. The van der Waals surface area contributed by atoms with Crippen LogP contribution in [0.1, 0.15) is 17.5 Å². The van der Waals surface area contributed by atoms with Crippen molar-refractivity contribution in [2.45, 2.75) is 19.9 Å². The Bertz CT molecular complexity index is 1570. The fraction of sp³-hybridized carbons (Fsp3) is 0.387. The summed E-state index contributed by atoms with van der Waals surface area (Å²) in [5, 5.41) is 17.6. The van der Waals surface area contributed by atoms with Crippen LogP contribution in [-0.4, -0.2) is 71.6 Å². The summed E-state index contributed by atoms with van der Waals surface area (Å²) >= 11 is 0. The number of hydrogen-bond donors (Lipinski definition) is 1. The lowest BCUT2D eigenvalue weighted by molar-refractivity contribution is 0.0358. The first-order valence-corrected chi connectivity index (χ1v) is 14.0.